The van der Waals surface area contributed by atoms with Crippen LogP contribution in [0.4, 0.5) is 21.9 Å². The van der Waals surface area contributed by atoms with Gasteiger partial charge in [0.1, 0.15) is 12.6 Å². The van der Waals surface area contributed by atoms with E-state index in [0.717, 1.165) is 5.69 Å². The van der Waals surface area contributed by atoms with Crippen molar-refractivity contribution in [2.45, 2.75) is 19.4 Å². The summed E-state index contributed by atoms with van der Waals surface area (Å²) in [5.74, 6) is -0.432. The number of ether oxygens (including phenoxy) is 1. The van der Waals surface area contributed by atoms with Crippen LogP contribution in [-0.2, 0) is 14.3 Å². The van der Waals surface area contributed by atoms with E-state index in [1.165, 1.54) is 0 Å². The Morgan fingerprint density at radius 1 is 1.07 bits per heavy atom. The molecule has 0 saturated carbocycles. The van der Waals surface area contributed by atoms with Crippen molar-refractivity contribution in [1.82, 2.24) is 5.32 Å². The number of amides is 4. The minimum absolute atomic E-state index is 0.0699. The maximum Gasteiger partial charge on any atom is 0.319 e. The lowest BCUT2D eigenvalue weighted by atomic mass is 10.2. The molecule has 1 atom stereocenters. The van der Waals surface area contributed by atoms with E-state index in [0.29, 0.717) is 36.0 Å². The summed E-state index contributed by atoms with van der Waals surface area (Å²) in [5.41, 5.74) is 1.89. The van der Waals surface area contributed by atoms with Crippen LogP contribution in [0.1, 0.15) is 13.3 Å². The fourth-order valence-corrected chi connectivity index (χ4v) is 3.08. The van der Waals surface area contributed by atoms with Gasteiger partial charge in [0.15, 0.2) is 0 Å². The quantitative estimate of drug-likeness (QED) is 0.655. The molecule has 2 aromatic rings. The van der Waals surface area contributed by atoms with Gasteiger partial charge in [-0.2, -0.15) is 0 Å². The molecule has 30 heavy (non-hydrogen) atoms. The summed E-state index contributed by atoms with van der Waals surface area (Å²) in [4.78, 5) is 38.3. The molecule has 3 rings (SSSR count). The van der Waals surface area contributed by atoms with Gasteiger partial charge < -0.3 is 25.6 Å². The molecule has 1 aliphatic rings. The summed E-state index contributed by atoms with van der Waals surface area (Å²) in [6.07, 6.45) is 0.417. The minimum Gasteiger partial charge on any atom is -0.370 e. The van der Waals surface area contributed by atoms with Crippen molar-refractivity contribution in [3.63, 3.8) is 0 Å². The van der Waals surface area contributed by atoms with E-state index >= 15 is 0 Å². The van der Waals surface area contributed by atoms with Crippen LogP contribution in [0.2, 0.25) is 5.02 Å². The summed E-state index contributed by atoms with van der Waals surface area (Å²) < 4.78 is 5.13. The highest BCUT2D eigenvalue weighted by molar-refractivity contribution is 6.30. The lowest BCUT2D eigenvalue weighted by molar-refractivity contribution is -0.125. The number of anilines is 3. The molecule has 1 fully saturated rings. The first kappa shape index (κ1) is 21.6. The standard InChI is InChI=1S/C21H23ClN4O4/c1-2-18(25-21(29)24-16-5-3-14(22)4-6-16)20(28)23-15-7-9-17(10-8-15)26-11-12-30-13-19(26)27/h3-10,18H,2,11-13H2,1H3,(H,23,28)(H2,24,25,29)/t18-/m1/s1. The summed E-state index contributed by atoms with van der Waals surface area (Å²) >= 11 is 5.83. The van der Waals surface area contributed by atoms with Gasteiger partial charge in [-0.15, -0.1) is 0 Å². The lowest BCUT2D eigenvalue weighted by Crippen LogP contribution is -2.45. The predicted octanol–water partition coefficient (Wildman–Crippen LogP) is 3.24. The van der Waals surface area contributed by atoms with Gasteiger partial charge in [-0.3, -0.25) is 9.59 Å². The van der Waals surface area contributed by atoms with Gasteiger partial charge in [-0.1, -0.05) is 18.5 Å². The van der Waals surface area contributed by atoms with Crippen molar-refractivity contribution in [3.8, 4) is 0 Å². The molecule has 1 heterocycles. The zero-order chi connectivity index (χ0) is 21.5. The van der Waals surface area contributed by atoms with E-state index in [4.69, 9.17) is 16.3 Å². The number of carbonyl (C=O) groups is 3. The molecule has 0 aliphatic carbocycles. The highest BCUT2D eigenvalue weighted by Gasteiger charge is 2.21. The van der Waals surface area contributed by atoms with Crippen LogP contribution in [0.25, 0.3) is 0 Å². The molecule has 0 unspecified atom stereocenters. The molecule has 3 N–H and O–H groups in total. The molecule has 0 radical (unpaired) electrons. The van der Waals surface area contributed by atoms with Gasteiger partial charge in [0.05, 0.1) is 6.61 Å². The van der Waals surface area contributed by atoms with Crippen molar-refractivity contribution < 1.29 is 19.1 Å². The molecular formula is C21H23ClN4O4. The number of hydrogen-bond acceptors (Lipinski definition) is 4. The van der Waals surface area contributed by atoms with E-state index in [-0.39, 0.29) is 18.4 Å². The predicted molar refractivity (Wildman–Crippen MR) is 116 cm³/mol. The summed E-state index contributed by atoms with van der Waals surface area (Å²) in [7, 11) is 0. The number of benzene rings is 2. The molecule has 0 aromatic heterocycles. The van der Waals surface area contributed by atoms with Crippen molar-refractivity contribution in [2.75, 3.05) is 35.3 Å². The Kier molecular flexibility index (Phi) is 7.26. The Bertz CT molecular complexity index is 902. The largest absolute Gasteiger partial charge is 0.370 e. The van der Waals surface area contributed by atoms with Gasteiger partial charge in [0.25, 0.3) is 5.91 Å². The third-order valence-corrected chi connectivity index (χ3v) is 4.82. The van der Waals surface area contributed by atoms with Gasteiger partial charge >= 0.3 is 6.03 Å². The first-order chi connectivity index (χ1) is 14.5. The number of halogens is 1. The van der Waals surface area contributed by atoms with Crippen molar-refractivity contribution in [3.05, 3.63) is 53.6 Å². The average Bonchev–Trinajstić information content (AvgIpc) is 2.74. The Hall–Kier alpha value is -3.10. The number of morpholine rings is 1. The number of urea groups is 1. The monoisotopic (exact) mass is 430 g/mol. The van der Waals surface area contributed by atoms with E-state index < -0.39 is 12.1 Å². The molecule has 1 aliphatic heterocycles. The molecule has 0 spiro atoms. The second-order valence-corrected chi connectivity index (χ2v) is 7.14. The van der Waals surface area contributed by atoms with Gasteiger partial charge in [-0.05, 0) is 55.0 Å². The normalized spacial score (nSPS) is 14.7. The van der Waals surface area contributed by atoms with Gasteiger partial charge in [0.2, 0.25) is 5.91 Å². The van der Waals surface area contributed by atoms with Crippen LogP contribution >= 0.6 is 11.6 Å². The maximum atomic E-state index is 12.6. The molecule has 158 valence electrons. The second-order valence-electron chi connectivity index (χ2n) is 6.70. The smallest absolute Gasteiger partial charge is 0.319 e. The van der Waals surface area contributed by atoms with Crippen LogP contribution in [0.5, 0.6) is 0 Å². The molecule has 9 heteroatoms. The highest BCUT2D eigenvalue weighted by Crippen LogP contribution is 2.20. The van der Waals surface area contributed by atoms with Crippen molar-refractivity contribution >= 4 is 46.5 Å². The number of nitrogens with one attached hydrogen (secondary N) is 3. The SMILES string of the molecule is CC[C@@H](NC(=O)Nc1ccc(Cl)cc1)C(=O)Nc1ccc(N2CCOCC2=O)cc1. The molecular weight excluding hydrogens is 408 g/mol. The lowest BCUT2D eigenvalue weighted by Gasteiger charge is -2.27. The van der Waals surface area contributed by atoms with Gasteiger partial charge in [0, 0.05) is 28.6 Å². The van der Waals surface area contributed by atoms with Gasteiger partial charge in [-0.25, -0.2) is 4.79 Å². The number of rotatable bonds is 6. The first-order valence-electron chi connectivity index (χ1n) is 9.58. The van der Waals surface area contributed by atoms with E-state index in [2.05, 4.69) is 16.0 Å². The first-order valence-corrected chi connectivity index (χ1v) is 9.96. The molecule has 0 bridgehead atoms. The molecule has 4 amide bonds. The van der Waals surface area contributed by atoms with Crippen LogP contribution in [0.15, 0.2) is 48.5 Å². The topological polar surface area (TPSA) is 99.8 Å². The second kappa shape index (κ2) is 10.1. The van der Waals surface area contributed by atoms with Crippen LogP contribution in [0.3, 0.4) is 0 Å². The fraction of sp³-hybridized carbons (Fsp3) is 0.286. The third kappa shape index (κ3) is 5.71. The fourth-order valence-electron chi connectivity index (χ4n) is 2.96. The zero-order valence-electron chi connectivity index (χ0n) is 16.5. The van der Waals surface area contributed by atoms with Crippen molar-refractivity contribution in [2.24, 2.45) is 0 Å². The van der Waals surface area contributed by atoms with Crippen LogP contribution in [0, 0.1) is 0 Å². The number of hydrogen-bond donors (Lipinski definition) is 3. The summed E-state index contributed by atoms with van der Waals surface area (Å²) in [6, 6.07) is 12.4. The maximum absolute atomic E-state index is 12.6. The number of nitrogens with zero attached hydrogens (tertiary/aromatic N) is 1. The Labute approximate surface area is 179 Å². The summed E-state index contributed by atoms with van der Waals surface area (Å²) in [6.45, 7) is 2.86. The highest BCUT2D eigenvalue weighted by atomic mass is 35.5. The summed E-state index contributed by atoms with van der Waals surface area (Å²) in [5, 5.41) is 8.67. The molecule has 2 aromatic carbocycles. The Morgan fingerprint density at radius 3 is 2.33 bits per heavy atom. The molecule has 1 saturated heterocycles. The Balaban J connectivity index is 1.55. The van der Waals surface area contributed by atoms with Crippen LogP contribution < -0.4 is 20.9 Å². The zero-order valence-corrected chi connectivity index (χ0v) is 17.2. The minimum atomic E-state index is -0.710. The third-order valence-electron chi connectivity index (χ3n) is 4.56. The average molecular weight is 431 g/mol. The Morgan fingerprint density at radius 2 is 1.70 bits per heavy atom. The van der Waals surface area contributed by atoms with E-state index in [1.54, 1.807) is 60.4 Å². The molecule has 8 nitrogen and oxygen atoms in total. The van der Waals surface area contributed by atoms with E-state index in [9.17, 15) is 14.4 Å². The van der Waals surface area contributed by atoms with Crippen LogP contribution in [-0.4, -0.2) is 43.6 Å². The van der Waals surface area contributed by atoms with Crippen molar-refractivity contribution in [1.29, 1.82) is 0 Å². The number of carbonyl (C=O) groups excluding carboxylic acids is 3. The van der Waals surface area contributed by atoms with E-state index in [1.807, 2.05) is 0 Å².